The highest BCUT2D eigenvalue weighted by atomic mass is 16.6. The molecular weight excluding hydrogens is 292 g/mol. The number of ether oxygens (including phenoxy) is 1. The van der Waals surface area contributed by atoms with Gasteiger partial charge in [0.1, 0.15) is 11.7 Å². The van der Waals surface area contributed by atoms with E-state index in [0.717, 1.165) is 5.56 Å². The molecule has 0 radical (unpaired) electrons. The van der Waals surface area contributed by atoms with Gasteiger partial charge in [-0.25, -0.2) is 14.8 Å². The van der Waals surface area contributed by atoms with Gasteiger partial charge >= 0.3 is 5.97 Å². The Bertz CT molecular complexity index is 745. The van der Waals surface area contributed by atoms with Crippen molar-refractivity contribution in [1.82, 2.24) is 9.97 Å². The van der Waals surface area contributed by atoms with Gasteiger partial charge in [0, 0.05) is 18.9 Å². The van der Waals surface area contributed by atoms with Crippen molar-refractivity contribution >= 4 is 11.8 Å². The average molecular weight is 310 g/mol. The summed E-state index contributed by atoms with van der Waals surface area (Å²) in [5, 5.41) is 12.0. The molecule has 6 nitrogen and oxygen atoms in total. The lowest BCUT2D eigenvalue weighted by Gasteiger charge is -2.19. The third-order valence-corrected chi connectivity index (χ3v) is 2.83. The molecule has 0 saturated heterocycles. The van der Waals surface area contributed by atoms with Gasteiger partial charge in [0.2, 0.25) is 0 Å². The summed E-state index contributed by atoms with van der Waals surface area (Å²) < 4.78 is 5.35. The fraction of sp³-hybridized carbons (Fsp3) is 0.294. The van der Waals surface area contributed by atoms with Crippen LogP contribution in [0.1, 0.15) is 42.4 Å². The highest BCUT2D eigenvalue weighted by molar-refractivity contribution is 5.89. The minimum absolute atomic E-state index is 0.232. The second-order valence-corrected chi connectivity index (χ2v) is 5.92. The SMILES string of the molecule is CC(C)(C)OC(=O)c1cccc(CNc2nccnc2C#N)c1. The molecule has 1 aromatic heterocycles. The van der Waals surface area contributed by atoms with E-state index >= 15 is 0 Å². The number of aromatic nitrogens is 2. The van der Waals surface area contributed by atoms with E-state index in [-0.39, 0.29) is 11.7 Å². The number of benzene rings is 1. The lowest BCUT2D eigenvalue weighted by Crippen LogP contribution is -2.24. The van der Waals surface area contributed by atoms with Crippen molar-refractivity contribution in [3.05, 3.63) is 53.5 Å². The van der Waals surface area contributed by atoms with Gasteiger partial charge in [-0.3, -0.25) is 0 Å². The Hall–Kier alpha value is -2.94. The molecule has 1 heterocycles. The maximum Gasteiger partial charge on any atom is 0.338 e. The number of nitrogens with zero attached hydrogens (tertiary/aromatic N) is 3. The van der Waals surface area contributed by atoms with Crippen LogP contribution in [0.15, 0.2) is 36.7 Å². The van der Waals surface area contributed by atoms with E-state index in [1.807, 2.05) is 32.9 Å². The second kappa shape index (κ2) is 6.88. The van der Waals surface area contributed by atoms with Crippen molar-refractivity contribution in [3.63, 3.8) is 0 Å². The molecule has 0 saturated carbocycles. The van der Waals surface area contributed by atoms with Gasteiger partial charge in [-0.2, -0.15) is 5.26 Å². The summed E-state index contributed by atoms with van der Waals surface area (Å²) in [6, 6.07) is 9.11. The lowest BCUT2D eigenvalue weighted by atomic mass is 10.1. The van der Waals surface area contributed by atoms with Crippen LogP contribution in [0, 0.1) is 11.3 Å². The normalized spacial score (nSPS) is 10.7. The molecule has 1 N–H and O–H groups in total. The Morgan fingerprint density at radius 3 is 2.74 bits per heavy atom. The summed E-state index contributed by atoms with van der Waals surface area (Å²) in [6.45, 7) is 5.90. The molecule has 0 bridgehead atoms. The molecule has 23 heavy (non-hydrogen) atoms. The molecular formula is C17H18N4O2. The summed E-state index contributed by atoms with van der Waals surface area (Å²) in [5.41, 5.74) is 1.06. The summed E-state index contributed by atoms with van der Waals surface area (Å²) in [6.07, 6.45) is 2.98. The molecule has 0 amide bonds. The van der Waals surface area contributed by atoms with Gasteiger partial charge in [-0.1, -0.05) is 12.1 Å². The number of hydrogen-bond donors (Lipinski definition) is 1. The van der Waals surface area contributed by atoms with Gasteiger partial charge in [0.15, 0.2) is 11.5 Å². The number of anilines is 1. The van der Waals surface area contributed by atoms with Crippen molar-refractivity contribution in [2.75, 3.05) is 5.32 Å². The van der Waals surface area contributed by atoms with Crippen LogP contribution in [0.2, 0.25) is 0 Å². The molecule has 2 rings (SSSR count). The monoisotopic (exact) mass is 310 g/mol. The molecule has 0 aliphatic heterocycles. The standard InChI is InChI=1S/C17H18N4O2/c1-17(2,3)23-16(22)13-6-4-5-12(9-13)11-21-15-14(10-18)19-7-8-20-15/h4-9H,11H2,1-3H3,(H,20,21). The summed E-state index contributed by atoms with van der Waals surface area (Å²) in [4.78, 5) is 20.1. The van der Waals surface area contributed by atoms with Crippen LogP contribution in [0.5, 0.6) is 0 Å². The van der Waals surface area contributed by atoms with Crippen LogP contribution in [-0.2, 0) is 11.3 Å². The van der Waals surface area contributed by atoms with Crippen LogP contribution >= 0.6 is 0 Å². The summed E-state index contributed by atoms with van der Waals surface area (Å²) >= 11 is 0. The quantitative estimate of drug-likeness (QED) is 0.874. The molecule has 0 spiro atoms. The van der Waals surface area contributed by atoms with Crippen molar-refractivity contribution in [2.24, 2.45) is 0 Å². The Labute approximate surface area is 135 Å². The average Bonchev–Trinajstić information content (AvgIpc) is 2.52. The zero-order valence-electron chi connectivity index (χ0n) is 13.3. The van der Waals surface area contributed by atoms with E-state index in [9.17, 15) is 4.79 Å². The summed E-state index contributed by atoms with van der Waals surface area (Å²) in [7, 11) is 0. The zero-order chi connectivity index (χ0) is 16.9. The number of nitriles is 1. The van der Waals surface area contributed by atoms with Crippen LogP contribution in [0.4, 0.5) is 5.82 Å². The van der Waals surface area contributed by atoms with Gasteiger partial charge in [-0.15, -0.1) is 0 Å². The topological polar surface area (TPSA) is 87.9 Å². The smallest absolute Gasteiger partial charge is 0.338 e. The predicted octanol–water partition coefficient (Wildman–Crippen LogP) is 2.92. The van der Waals surface area contributed by atoms with Crippen LogP contribution in [0.3, 0.4) is 0 Å². The molecule has 2 aromatic rings. The first-order chi connectivity index (χ1) is 10.9. The van der Waals surface area contributed by atoms with Gasteiger partial charge in [-0.05, 0) is 38.5 Å². The van der Waals surface area contributed by atoms with Gasteiger partial charge in [0.25, 0.3) is 0 Å². The first-order valence-electron chi connectivity index (χ1n) is 7.16. The minimum atomic E-state index is -0.535. The number of rotatable bonds is 4. The third-order valence-electron chi connectivity index (χ3n) is 2.83. The fourth-order valence-electron chi connectivity index (χ4n) is 1.88. The number of nitrogens with one attached hydrogen (secondary N) is 1. The number of carbonyl (C=O) groups is 1. The van der Waals surface area contributed by atoms with E-state index in [0.29, 0.717) is 17.9 Å². The van der Waals surface area contributed by atoms with Crippen LogP contribution in [0.25, 0.3) is 0 Å². The highest BCUT2D eigenvalue weighted by Crippen LogP contribution is 2.14. The molecule has 118 valence electrons. The maximum absolute atomic E-state index is 12.1. The minimum Gasteiger partial charge on any atom is -0.456 e. The van der Waals surface area contributed by atoms with E-state index in [4.69, 9.17) is 10.00 Å². The number of hydrogen-bond acceptors (Lipinski definition) is 6. The molecule has 0 fully saturated rings. The Morgan fingerprint density at radius 2 is 2.04 bits per heavy atom. The van der Waals surface area contributed by atoms with Crippen molar-refractivity contribution < 1.29 is 9.53 Å². The first-order valence-corrected chi connectivity index (χ1v) is 7.16. The Balaban J connectivity index is 2.09. The lowest BCUT2D eigenvalue weighted by molar-refractivity contribution is 0.00694. The van der Waals surface area contributed by atoms with Crippen LogP contribution in [-0.4, -0.2) is 21.5 Å². The Kier molecular flexibility index (Phi) is 4.91. The third kappa shape index (κ3) is 4.78. The maximum atomic E-state index is 12.1. The van der Waals surface area contributed by atoms with E-state index in [1.54, 1.807) is 18.2 Å². The summed E-state index contributed by atoms with van der Waals surface area (Å²) in [5.74, 6) is 0.0502. The predicted molar refractivity (Wildman–Crippen MR) is 85.7 cm³/mol. The molecule has 0 atom stereocenters. The van der Waals surface area contributed by atoms with E-state index in [1.165, 1.54) is 12.4 Å². The molecule has 1 aromatic carbocycles. The molecule has 6 heteroatoms. The molecule has 0 unspecified atom stereocenters. The zero-order valence-corrected chi connectivity index (χ0v) is 13.3. The fourth-order valence-corrected chi connectivity index (χ4v) is 1.88. The molecule has 0 aliphatic rings. The number of carbonyl (C=O) groups excluding carboxylic acids is 1. The van der Waals surface area contributed by atoms with Crippen LogP contribution < -0.4 is 5.32 Å². The van der Waals surface area contributed by atoms with Crippen molar-refractivity contribution in [1.29, 1.82) is 5.26 Å². The second-order valence-electron chi connectivity index (χ2n) is 5.92. The van der Waals surface area contributed by atoms with Crippen molar-refractivity contribution in [3.8, 4) is 6.07 Å². The Morgan fingerprint density at radius 1 is 1.30 bits per heavy atom. The highest BCUT2D eigenvalue weighted by Gasteiger charge is 2.17. The molecule has 0 aliphatic carbocycles. The van der Waals surface area contributed by atoms with Crippen molar-refractivity contribution in [2.45, 2.75) is 32.9 Å². The first kappa shape index (κ1) is 16.4. The number of esters is 1. The van der Waals surface area contributed by atoms with Gasteiger partial charge < -0.3 is 10.1 Å². The van der Waals surface area contributed by atoms with E-state index < -0.39 is 5.60 Å². The largest absolute Gasteiger partial charge is 0.456 e. The van der Waals surface area contributed by atoms with Gasteiger partial charge in [0.05, 0.1) is 5.56 Å². The van der Waals surface area contributed by atoms with E-state index in [2.05, 4.69) is 15.3 Å².